The molecule has 3 atom stereocenters. The fourth-order valence-corrected chi connectivity index (χ4v) is 5.18. The lowest BCUT2D eigenvalue weighted by atomic mass is 10.0. The van der Waals surface area contributed by atoms with E-state index in [2.05, 4.69) is 5.32 Å². The zero-order valence-corrected chi connectivity index (χ0v) is 19.2. The first kappa shape index (κ1) is 23.0. The van der Waals surface area contributed by atoms with Gasteiger partial charge in [0, 0.05) is 23.7 Å². The summed E-state index contributed by atoms with van der Waals surface area (Å²) in [5.74, 6) is -0.646. The molecule has 2 aliphatic heterocycles. The molecule has 8 nitrogen and oxygen atoms in total. The second-order valence-electron chi connectivity index (χ2n) is 9.68. The summed E-state index contributed by atoms with van der Waals surface area (Å²) in [7, 11) is 0. The Bertz CT molecular complexity index is 963. The number of carbonyl (C=O) groups excluding carboxylic acids is 4. The van der Waals surface area contributed by atoms with Gasteiger partial charge in [0.1, 0.15) is 12.1 Å². The molecule has 3 aliphatic rings. The number of nitrogen functional groups attached to an aromatic ring is 1. The summed E-state index contributed by atoms with van der Waals surface area (Å²) in [6.45, 7) is 4.43. The average Bonchev–Trinajstić information content (AvgIpc) is 3.51. The number of carbonyl (C=O) groups is 4. The van der Waals surface area contributed by atoms with Crippen molar-refractivity contribution in [3.63, 3.8) is 0 Å². The summed E-state index contributed by atoms with van der Waals surface area (Å²) in [5, 5.41) is 2.86. The number of amides is 3. The average molecular weight is 453 g/mol. The van der Waals surface area contributed by atoms with Crippen molar-refractivity contribution in [3.05, 3.63) is 42.0 Å². The molecule has 1 aromatic carbocycles. The fraction of sp³-hybridized carbons (Fsp3) is 0.520. The van der Waals surface area contributed by atoms with Crippen LogP contribution in [-0.4, -0.2) is 64.5 Å². The van der Waals surface area contributed by atoms with E-state index < -0.39 is 12.1 Å². The molecule has 1 aliphatic carbocycles. The van der Waals surface area contributed by atoms with Gasteiger partial charge in [0.05, 0.1) is 12.6 Å². The third-order valence-electron chi connectivity index (χ3n) is 6.83. The Balaban J connectivity index is 1.48. The molecule has 4 rings (SSSR count). The second kappa shape index (κ2) is 9.37. The van der Waals surface area contributed by atoms with Gasteiger partial charge in [-0.25, -0.2) is 0 Å². The van der Waals surface area contributed by atoms with E-state index in [9.17, 15) is 19.2 Å². The maximum atomic E-state index is 13.5. The van der Waals surface area contributed by atoms with Crippen LogP contribution in [0.4, 0.5) is 5.69 Å². The number of rotatable bonds is 6. The minimum Gasteiger partial charge on any atom is -0.399 e. The summed E-state index contributed by atoms with van der Waals surface area (Å²) in [4.78, 5) is 55.5. The van der Waals surface area contributed by atoms with E-state index in [1.807, 2.05) is 26.0 Å². The largest absolute Gasteiger partial charge is 0.399 e. The second-order valence-corrected chi connectivity index (χ2v) is 9.68. The number of nitrogens with one attached hydrogen (secondary N) is 1. The molecular formula is C25H32N4O4. The summed E-state index contributed by atoms with van der Waals surface area (Å²) in [6, 6.07) is 4.88. The van der Waals surface area contributed by atoms with Crippen molar-refractivity contribution in [3.8, 4) is 0 Å². The number of likely N-dealkylation sites (tertiary alicyclic amines) is 2. The van der Waals surface area contributed by atoms with E-state index in [-0.39, 0.29) is 47.9 Å². The summed E-state index contributed by atoms with van der Waals surface area (Å²) in [6.07, 6.45) is 6.45. The normalized spacial score (nSPS) is 23.3. The maximum Gasteiger partial charge on any atom is 0.251 e. The van der Waals surface area contributed by atoms with Crippen LogP contribution in [0.15, 0.2) is 36.4 Å². The maximum absolute atomic E-state index is 13.5. The third kappa shape index (κ3) is 4.65. The molecule has 3 amide bonds. The van der Waals surface area contributed by atoms with Gasteiger partial charge >= 0.3 is 0 Å². The van der Waals surface area contributed by atoms with Crippen LogP contribution >= 0.6 is 0 Å². The van der Waals surface area contributed by atoms with Crippen molar-refractivity contribution in [2.75, 3.05) is 18.8 Å². The van der Waals surface area contributed by atoms with Gasteiger partial charge in [0.15, 0.2) is 5.78 Å². The SMILES string of the molecule is CC(C)CC(NC(=O)c1ccc(N)cc1)C(=O)N1CCC2C1C(=O)CN2C(=O)C1CC=CC1. The lowest BCUT2D eigenvalue weighted by molar-refractivity contribution is -0.138. The first-order chi connectivity index (χ1) is 15.8. The minimum atomic E-state index is -0.745. The summed E-state index contributed by atoms with van der Waals surface area (Å²) in [5.41, 5.74) is 6.68. The molecule has 33 heavy (non-hydrogen) atoms. The van der Waals surface area contributed by atoms with Crippen molar-refractivity contribution in [1.82, 2.24) is 15.1 Å². The topological polar surface area (TPSA) is 113 Å². The highest BCUT2D eigenvalue weighted by molar-refractivity contribution is 6.01. The van der Waals surface area contributed by atoms with Crippen LogP contribution in [0.1, 0.15) is 49.9 Å². The first-order valence-electron chi connectivity index (χ1n) is 11.7. The number of hydrogen-bond donors (Lipinski definition) is 2. The van der Waals surface area contributed by atoms with Gasteiger partial charge in [-0.1, -0.05) is 26.0 Å². The molecule has 0 radical (unpaired) electrons. The Morgan fingerprint density at radius 2 is 1.76 bits per heavy atom. The molecule has 3 unspecified atom stereocenters. The molecule has 0 saturated carbocycles. The zero-order valence-electron chi connectivity index (χ0n) is 19.2. The number of hydrogen-bond acceptors (Lipinski definition) is 5. The molecule has 176 valence electrons. The molecule has 8 heteroatoms. The van der Waals surface area contributed by atoms with E-state index in [1.165, 1.54) is 0 Å². The molecule has 0 aromatic heterocycles. The number of nitrogens with zero attached hydrogens (tertiary/aromatic N) is 2. The van der Waals surface area contributed by atoms with Crippen LogP contribution in [0.2, 0.25) is 0 Å². The third-order valence-corrected chi connectivity index (χ3v) is 6.83. The smallest absolute Gasteiger partial charge is 0.251 e. The van der Waals surface area contributed by atoms with Gasteiger partial charge in [-0.3, -0.25) is 19.2 Å². The lowest BCUT2D eigenvalue weighted by Crippen LogP contribution is -2.53. The number of Topliss-reactive ketones (excluding diaryl/α,β-unsaturated/α-hetero) is 1. The highest BCUT2D eigenvalue weighted by atomic mass is 16.2. The number of anilines is 1. The summed E-state index contributed by atoms with van der Waals surface area (Å²) >= 11 is 0. The number of fused-ring (bicyclic) bond motifs is 1. The Morgan fingerprint density at radius 1 is 1.09 bits per heavy atom. The van der Waals surface area contributed by atoms with Gasteiger partial charge in [-0.15, -0.1) is 0 Å². The Morgan fingerprint density at radius 3 is 2.39 bits per heavy atom. The fourth-order valence-electron chi connectivity index (χ4n) is 5.18. The van der Waals surface area contributed by atoms with Crippen molar-refractivity contribution < 1.29 is 19.2 Å². The van der Waals surface area contributed by atoms with E-state index in [4.69, 9.17) is 5.73 Å². The number of allylic oxidation sites excluding steroid dienone is 2. The van der Waals surface area contributed by atoms with Crippen molar-refractivity contribution in [1.29, 1.82) is 0 Å². The Labute approximate surface area is 194 Å². The standard InChI is InChI=1S/C25H32N4O4/c1-15(2)13-19(27-23(31)16-7-9-18(26)10-8-16)25(33)28-12-11-20-22(28)21(30)14-29(20)24(32)17-5-3-4-6-17/h3-4,7-10,15,17,19-20,22H,5-6,11-14,26H2,1-2H3,(H,27,31). The lowest BCUT2D eigenvalue weighted by Gasteiger charge is -2.29. The van der Waals surface area contributed by atoms with Gasteiger partial charge in [0.25, 0.3) is 5.91 Å². The van der Waals surface area contributed by atoms with E-state index in [1.54, 1.807) is 34.1 Å². The van der Waals surface area contributed by atoms with E-state index >= 15 is 0 Å². The van der Waals surface area contributed by atoms with E-state index in [0.29, 0.717) is 43.5 Å². The first-order valence-corrected chi connectivity index (χ1v) is 11.7. The van der Waals surface area contributed by atoms with Crippen LogP contribution < -0.4 is 11.1 Å². The molecule has 1 aromatic rings. The molecule has 0 bridgehead atoms. The van der Waals surface area contributed by atoms with Gasteiger partial charge < -0.3 is 20.9 Å². The van der Waals surface area contributed by atoms with Crippen LogP contribution in [0, 0.1) is 11.8 Å². The number of nitrogens with two attached hydrogens (primary N) is 1. The predicted octanol–water partition coefficient (Wildman–Crippen LogP) is 1.76. The Hall–Kier alpha value is -3.16. The van der Waals surface area contributed by atoms with Crippen LogP contribution in [0.3, 0.4) is 0 Å². The van der Waals surface area contributed by atoms with Crippen molar-refractivity contribution in [2.45, 2.75) is 57.7 Å². The quantitative estimate of drug-likeness (QED) is 0.504. The van der Waals surface area contributed by atoms with Gasteiger partial charge in [-0.05, 0) is 55.9 Å². The Kier molecular flexibility index (Phi) is 6.54. The minimum absolute atomic E-state index is 0.00512. The van der Waals surface area contributed by atoms with Crippen LogP contribution in [0.25, 0.3) is 0 Å². The zero-order chi connectivity index (χ0) is 23.7. The molecular weight excluding hydrogens is 420 g/mol. The van der Waals surface area contributed by atoms with Crippen LogP contribution in [-0.2, 0) is 14.4 Å². The molecule has 2 heterocycles. The van der Waals surface area contributed by atoms with E-state index in [0.717, 1.165) is 0 Å². The number of ketones is 1. The monoisotopic (exact) mass is 452 g/mol. The molecule has 2 fully saturated rings. The van der Waals surface area contributed by atoms with Crippen LogP contribution in [0.5, 0.6) is 0 Å². The van der Waals surface area contributed by atoms with Gasteiger partial charge in [-0.2, -0.15) is 0 Å². The van der Waals surface area contributed by atoms with Gasteiger partial charge in [0.2, 0.25) is 11.8 Å². The molecule has 3 N–H and O–H groups in total. The number of benzene rings is 1. The molecule has 2 saturated heterocycles. The highest BCUT2D eigenvalue weighted by Gasteiger charge is 2.52. The highest BCUT2D eigenvalue weighted by Crippen LogP contribution is 2.33. The summed E-state index contributed by atoms with van der Waals surface area (Å²) < 4.78 is 0. The van der Waals surface area contributed by atoms with Crippen molar-refractivity contribution >= 4 is 29.2 Å². The molecule has 0 spiro atoms. The predicted molar refractivity (Wildman–Crippen MR) is 124 cm³/mol. The van der Waals surface area contributed by atoms with Crippen molar-refractivity contribution in [2.24, 2.45) is 11.8 Å².